The van der Waals surface area contributed by atoms with Gasteiger partial charge >= 0.3 is 11.9 Å². The monoisotopic (exact) mass is 261 g/mol. The van der Waals surface area contributed by atoms with Crippen LogP contribution in [0.4, 0.5) is 0 Å². The molecule has 0 bridgehead atoms. The van der Waals surface area contributed by atoms with Gasteiger partial charge in [0.2, 0.25) is 0 Å². The fourth-order valence-corrected chi connectivity index (χ4v) is 2.53. The number of rotatable bonds is 2. The average Bonchev–Trinajstić information content (AvgIpc) is 2.41. The summed E-state index contributed by atoms with van der Waals surface area (Å²) in [5.74, 6) is -1.58. The molecule has 0 aromatic heterocycles. The van der Waals surface area contributed by atoms with Crippen LogP contribution in [0.2, 0.25) is 0 Å². The van der Waals surface area contributed by atoms with Crippen LogP contribution in [-0.2, 0) is 16.0 Å². The van der Waals surface area contributed by atoms with Crippen LogP contribution in [0.5, 0.6) is 0 Å². The number of carboxylic acids is 1. The third-order valence-corrected chi connectivity index (χ3v) is 3.73. The van der Waals surface area contributed by atoms with Crippen LogP contribution < -0.4 is 0 Å². The molecule has 1 aliphatic rings. The summed E-state index contributed by atoms with van der Waals surface area (Å²) in [4.78, 5) is 23.4. The first kappa shape index (κ1) is 13.6. The quantitative estimate of drug-likeness (QED) is 0.827. The van der Waals surface area contributed by atoms with Crippen molar-refractivity contribution in [2.45, 2.75) is 26.2 Å². The second-order valence-electron chi connectivity index (χ2n) is 5.23. The standard InChI is InChI=1S/C15H19NO3/c1-11-2-4-12(5-3-11)10-13-6-8-16(9-7-13)14(17)15(18)19/h2-5,13H,6-10H2,1H3,(H,18,19). The molecule has 19 heavy (non-hydrogen) atoms. The molecular formula is C15H19NO3. The Hall–Kier alpha value is -1.84. The van der Waals surface area contributed by atoms with E-state index in [9.17, 15) is 9.59 Å². The summed E-state index contributed by atoms with van der Waals surface area (Å²) >= 11 is 0. The highest BCUT2D eigenvalue weighted by molar-refractivity contribution is 6.31. The number of piperidine rings is 1. The SMILES string of the molecule is Cc1ccc(CC2CCN(C(=O)C(=O)O)CC2)cc1. The number of hydrogen-bond donors (Lipinski definition) is 1. The number of carbonyl (C=O) groups is 2. The Labute approximate surface area is 113 Å². The van der Waals surface area contributed by atoms with E-state index >= 15 is 0 Å². The van der Waals surface area contributed by atoms with Crippen LogP contribution in [0.25, 0.3) is 0 Å². The maximum atomic E-state index is 11.3. The van der Waals surface area contributed by atoms with Crippen molar-refractivity contribution in [2.75, 3.05) is 13.1 Å². The molecule has 1 saturated heterocycles. The summed E-state index contributed by atoms with van der Waals surface area (Å²) in [6.07, 6.45) is 2.77. The molecule has 0 atom stereocenters. The van der Waals surface area contributed by atoms with Gasteiger partial charge in [-0.15, -0.1) is 0 Å². The van der Waals surface area contributed by atoms with Crippen molar-refractivity contribution in [1.82, 2.24) is 4.90 Å². The first-order chi connectivity index (χ1) is 9.06. The zero-order valence-corrected chi connectivity index (χ0v) is 11.1. The second-order valence-corrected chi connectivity index (χ2v) is 5.23. The molecule has 1 heterocycles. The normalized spacial score (nSPS) is 16.4. The smallest absolute Gasteiger partial charge is 0.394 e. The van der Waals surface area contributed by atoms with E-state index in [1.807, 2.05) is 0 Å². The van der Waals surface area contributed by atoms with E-state index in [1.54, 1.807) is 0 Å². The molecule has 1 amide bonds. The number of carbonyl (C=O) groups excluding carboxylic acids is 1. The van der Waals surface area contributed by atoms with Crippen LogP contribution in [0, 0.1) is 12.8 Å². The summed E-state index contributed by atoms with van der Waals surface area (Å²) in [6.45, 7) is 3.18. The third kappa shape index (κ3) is 3.56. The van der Waals surface area contributed by atoms with Gasteiger partial charge in [0.1, 0.15) is 0 Å². The molecule has 102 valence electrons. The summed E-state index contributed by atoms with van der Waals surface area (Å²) in [6, 6.07) is 8.51. The van der Waals surface area contributed by atoms with Crippen molar-refractivity contribution in [3.05, 3.63) is 35.4 Å². The van der Waals surface area contributed by atoms with Crippen molar-refractivity contribution in [3.63, 3.8) is 0 Å². The predicted molar refractivity (Wildman–Crippen MR) is 71.8 cm³/mol. The molecule has 1 N–H and O–H groups in total. The van der Waals surface area contributed by atoms with Crippen molar-refractivity contribution < 1.29 is 14.7 Å². The van der Waals surface area contributed by atoms with Crippen LogP contribution >= 0.6 is 0 Å². The number of benzene rings is 1. The Morgan fingerprint density at radius 2 is 1.79 bits per heavy atom. The lowest BCUT2D eigenvalue weighted by atomic mass is 9.90. The van der Waals surface area contributed by atoms with Gasteiger partial charge in [0.25, 0.3) is 0 Å². The molecule has 2 rings (SSSR count). The van der Waals surface area contributed by atoms with E-state index in [2.05, 4.69) is 31.2 Å². The molecule has 0 radical (unpaired) electrons. The molecule has 0 spiro atoms. The summed E-state index contributed by atoms with van der Waals surface area (Å²) < 4.78 is 0. The zero-order valence-electron chi connectivity index (χ0n) is 11.1. The minimum atomic E-state index is -1.35. The van der Waals surface area contributed by atoms with Gasteiger partial charge in [-0.05, 0) is 37.7 Å². The van der Waals surface area contributed by atoms with Crippen molar-refractivity contribution in [1.29, 1.82) is 0 Å². The molecule has 0 aliphatic carbocycles. The Bertz CT molecular complexity index is 459. The zero-order chi connectivity index (χ0) is 13.8. The first-order valence-corrected chi connectivity index (χ1v) is 6.64. The lowest BCUT2D eigenvalue weighted by Crippen LogP contribution is -2.42. The molecule has 1 fully saturated rings. The summed E-state index contributed by atoms with van der Waals surface area (Å²) in [7, 11) is 0. The Morgan fingerprint density at radius 1 is 1.21 bits per heavy atom. The lowest BCUT2D eigenvalue weighted by Gasteiger charge is -2.31. The fraction of sp³-hybridized carbons (Fsp3) is 0.467. The first-order valence-electron chi connectivity index (χ1n) is 6.64. The van der Waals surface area contributed by atoms with E-state index in [0.29, 0.717) is 19.0 Å². The number of hydrogen-bond acceptors (Lipinski definition) is 2. The molecule has 1 aromatic rings. The van der Waals surface area contributed by atoms with Gasteiger partial charge in [-0.2, -0.15) is 0 Å². The summed E-state index contributed by atoms with van der Waals surface area (Å²) in [5.41, 5.74) is 2.57. The maximum absolute atomic E-state index is 11.3. The van der Waals surface area contributed by atoms with E-state index < -0.39 is 11.9 Å². The van der Waals surface area contributed by atoms with Crippen molar-refractivity contribution >= 4 is 11.9 Å². The largest absolute Gasteiger partial charge is 0.474 e. The van der Waals surface area contributed by atoms with Crippen LogP contribution in [-0.4, -0.2) is 35.0 Å². The number of aliphatic carboxylic acids is 1. The molecule has 1 aromatic carbocycles. The third-order valence-electron chi connectivity index (χ3n) is 3.73. The van der Waals surface area contributed by atoms with E-state index in [4.69, 9.17) is 5.11 Å². The van der Waals surface area contributed by atoms with E-state index in [1.165, 1.54) is 16.0 Å². The van der Waals surface area contributed by atoms with Crippen LogP contribution in [0.1, 0.15) is 24.0 Å². The highest BCUT2D eigenvalue weighted by atomic mass is 16.4. The Kier molecular flexibility index (Phi) is 4.20. The van der Waals surface area contributed by atoms with Gasteiger partial charge in [-0.25, -0.2) is 4.79 Å². The van der Waals surface area contributed by atoms with Gasteiger partial charge < -0.3 is 10.0 Å². The van der Waals surface area contributed by atoms with E-state index in [0.717, 1.165) is 19.3 Å². The molecule has 4 heteroatoms. The average molecular weight is 261 g/mol. The number of carboxylic acid groups (broad SMARTS) is 1. The topological polar surface area (TPSA) is 57.6 Å². The Balaban J connectivity index is 1.85. The van der Waals surface area contributed by atoms with Gasteiger partial charge in [0.15, 0.2) is 0 Å². The van der Waals surface area contributed by atoms with Crippen molar-refractivity contribution in [2.24, 2.45) is 5.92 Å². The summed E-state index contributed by atoms with van der Waals surface area (Å²) in [5, 5.41) is 8.67. The van der Waals surface area contributed by atoms with Gasteiger partial charge in [-0.3, -0.25) is 4.79 Å². The number of aryl methyl sites for hydroxylation is 1. The van der Waals surface area contributed by atoms with Crippen LogP contribution in [0.15, 0.2) is 24.3 Å². The maximum Gasteiger partial charge on any atom is 0.394 e. The molecule has 0 unspecified atom stereocenters. The molecule has 4 nitrogen and oxygen atoms in total. The van der Waals surface area contributed by atoms with E-state index in [-0.39, 0.29) is 0 Å². The lowest BCUT2D eigenvalue weighted by molar-refractivity contribution is -0.156. The van der Waals surface area contributed by atoms with Crippen molar-refractivity contribution in [3.8, 4) is 0 Å². The minimum absolute atomic E-state index is 0.542. The Morgan fingerprint density at radius 3 is 2.32 bits per heavy atom. The number of amides is 1. The highest BCUT2D eigenvalue weighted by Gasteiger charge is 2.26. The van der Waals surface area contributed by atoms with Crippen LogP contribution in [0.3, 0.4) is 0 Å². The number of nitrogens with zero attached hydrogens (tertiary/aromatic N) is 1. The van der Waals surface area contributed by atoms with Gasteiger partial charge in [0, 0.05) is 13.1 Å². The molecular weight excluding hydrogens is 242 g/mol. The molecule has 1 aliphatic heterocycles. The highest BCUT2D eigenvalue weighted by Crippen LogP contribution is 2.22. The molecule has 0 saturated carbocycles. The van der Waals surface area contributed by atoms with Gasteiger partial charge in [-0.1, -0.05) is 29.8 Å². The predicted octanol–water partition coefficient (Wildman–Crippen LogP) is 1.86. The van der Waals surface area contributed by atoms with Gasteiger partial charge in [0.05, 0.1) is 0 Å². The second kappa shape index (κ2) is 5.87. The minimum Gasteiger partial charge on any atom is -0.474 e. The fourth-order valence-electron chi connectivity index (χ4n) is 2.53. The number of likely N-dealkylation sites (tertiary alicyclic amines) is 1.